The summed E-state index contributed by atoms with van der Waals surface area (Å²) >= 11 is 0. The van der Waals surface area contributed by atoms with Crippen molar-refractivity contribution in [2.24, 2.45) is 5.73 Å². The van der Waals surface area contributed by atoms with Gasteiger partial charge in [-0.15, -0.1) is 0 Å². The fraction of sp³-hybridized carbons (Fsp3) is 0.357. The summed E-state index contributed by atoms with van der Waals surface area (Å²) in [5, 5.41) is 0. The predicted octanol–water partition coefficient (Wildman–Crippen LogP) is 5.00. The minimum Gasteiger partial charge on any atom is -0.493 e. The first kappa shape index (κ1) is 21.0. The molecule has 0 unspecified atom stereocenters. The summed E-state index contributed by atoms with van der Waals surface area (Å²) in [7, 11) is 1.72. The normalized spacial score (nSPS) is 22.7. The highest BCUT2D eigenvalue weighted by molar-refractivity contribution is 5.53. The Balaban J connectivity index is 1.41. The minimum absolute atomic E-state index is 0.139. The first-order valence-electron chi connectivity index (χ1n) is 11.6. The molecule has 1 fully saturated rings. The van der Waals surface area contributed by atoms with Crippen molar-refractivity contribution in [2.45, 2.75) is 44.4 Å². The van der Waals surface area contributed by atoms with Gasteiger partial charge in [0.15, 0.2) is 11.5 Å². The number of methoxy groups -OCH3 is 1. The maximum Gasteiger partial charge on any atom is 0.165 e. The van der Waals surface area contributed by atoms with Crippen molar-refractivity contribution in [1.82, 2.24) is 4.90 Å². The molecule has 2 aliphatic heterocycles. The van der Waals surface area contributed by atoms with E-state index < -0.39 is 0 Å². The Kier molecular flexibility index (Phi) is 5.90. The van der Waals surface area contributed by atoms with E-state index >= 15 is 0 Å². The summed E-state index contributed by atoms with van der Waals surface area (Å²) in [6.45, 7) is 4.71. The predicted molar refractivity (Wildman–Crippen MR) is 128 cm³/mol. The molecule has 32 heavy (non-hydrogen) atoms. The summed E-state index contributed by atoms with van der Waals surface area (Å²) in [4.78, 5) is 2.62. The van der Waals surface area contributed by atoms with E-state index in [1.54, 1.807) is 7.11 Å². The lowest BCUT2D eigenvalue weighted by molar-refractivity contribution is 0.108. The zero-order valence-corrected chi connectivity index (χ0v) is 19.0. The molecule has 4 nitrogen and oxygen atoms in total. The van der Waals surface area contributed by atoms with Gasteiger partial charge in [-0.1, -0.05) is 66.2 Å². The zero-order chi connectivity index (χ0) is 22.1. The summed E-state index contributed by atoms with van der Waals surface area (Å²) in [6, 6.07) is 23.9. The fourth-order valence-corrected chi connectivity index (χ4v) is 5.41. The molecule has 2 N–H and O–H groups in total. The van der Waals surface area contributed by atoms with Crippen molar-refractivity contribution in [3.8, 4) is 11.5 Å². The number of ether oxygens (including phenoxy) is 2. The number of hydrogen-bond donors (Lipinski definition) is 1. The largest absolute Gasteiger partial charge is 0.493 e. The SMILES string of the molecule is COc1ccc2c(c1OCc1ccccc1)CCN1C[C@H](c3cccc(C)c3)[C@@H](N)C[C@@H]21. The highest BCUT2D eigenvalue weighted by Crippen LogP contribution is 2.46. The molecule has 5 rings (SSSR count). The van der Waals surface area contributed by atoms with Crippen molar-refractivity contribution < 1.29 is 9.47 Å². The Morgan fingerprint density at radius 2 is 1.88 bits per heavy atom. The quantitative estimate of drug-likeness (QED) is 0.622. The Morgan fingerprint density at radius 1 is 1.03 bits per heavy atom. The Morgan fingerprint density at radius 3 is 2.66 bits per heavy atom. The molecule has 3 aromatic carbocycles. The van der Waals surface area contributed by atoms with Crippen molar-refractivity contribution in [3.63, 3.8) is 0 Å². The number of piperidine rings is 1. The molecule has 0 aromatic heterocycles. The van der Waals surface area contributed by atoms with Crippen LogP contribution in [0.1, 0.15) is 46.2 Å². The van der Waals surface area contributed by atoms with Crippen LogP contribution in [0, 0.1) is 6.92 Å². The van der Waals surface area contributed by atoms with Crippen LogP contribution in [0.25, 0.3) is 0 Å². The van der Waals surface area contributed by atoms with Crippen LogP contribution in [-0.2, 0) is 13.0 Å². The minimum atomic E-state index is 0.139. The van der Waals surface area contributed by atoms with Crippen LogP contribution >= 0.6 is 0 Å². The molecule has 166 valence electrons. The standard InChI is InChI=1S/C28H32N2O2/c1-19-7-6-10-21(15-19)24-17-30-14-13-23-22(26(30)16-25(24)29)11-12-27(31-2)28(23)32-18-20-8-4-3-5-9-20/h3-12,15,24-26H,13-14,16-18,29H2,1-2H3/t24-,25+,26+/m1/s1. The molecule has 4 heteroatoms. The van der Waals surface area contributed by atoms with Gasteiger partial charge in [0.25, 0.3) is 0 Å². The molecule has 0 radical (unpaired) electrons. The first-order chi connectivity index (χ1) is 15.6. The number of nitrogens with two attached hydrogens (primary N) is 1. The van der Waals surface area contributed by atoms with E-state index in [1.807, 2.05) is 18.2 Å². The maximum absolute atomic E-state index is 6.77. The van der Waals surface area contributed by atoms with Crippen LogP contribution in [0.5, 0.6) is 11.5 Å². The van der Waals surface area contributed by atoms with Crippen molar-refractivity contribution in [2.75, 3.05) is 20.2 Å². The van der Waals surface area contributed by atoms with Crippen LogP contribution in [0.2, 0.25) is 0 Å². The third-order valence-corrected chi connectivity index (χ3v) is 7.07. The van der Waals surface area contributed by atoms with Gasteiger partial charge >= 0.3 is 0 Å². The van der Waals surface area contributed by atoms with Gasteiger partial charge < -0.3 is 15.2 Å². The molecule has 2 aliphatic rings. The molecule has 0 aliphatic carbocycles. The highest BCUT2D eigenvalue weighted by Gasteiger charge is 2.39. The lowest BCUT2D eigenvalue weighted by Gasteiger charge is -2.46. The van der Waals surface area contributed by atoms with E-state index in [4.69, 9.17) is 15.2 Å². The Hall–Kier alpha value is -2.82. The molecule has 0 bridgehead atoms. The van der Waals surface area contributed by atoms with Crippen LogP contribution in [0.3, 0.4) is 0 Å². The highest BCUT2D eigenvalue weighted by atomic mass is 16.5. The third-order valence-electron chi connectivity index (χ3n) is 7.07. The first-order valence-corrected chi connectivity index (χ1v) is 11.6. The summed E-state index contributed by atoms with van der Waals surface area (Å²) in [5.41, 5.74) is 13.2. The smallest absolute Gasteiger partial charge is 0.165 e. The van der Waals surface area contributed by atoms with E-state index in [0.29, 0.717) is 18.6 Å². The van der Waals surface area contributed by atoms with Crippen molar-refractivity contribution in [1.29, 1.82) is 0 Å². The fourth-order valence-electron chi connectivity index (χ4n) is 5.41. The molecule has 2 heterocycles. The van der Waals surface area contributed by atoms with Gasteiger partial charge in [-0.25, -0.2) is 0 Å². The number of nitrogens with zero attached hydrogens (tertiary/aromatic N) is 1. The summed E-state index contributed by atoms with van der Waals surface area (Å²) in [5.74, 6) is 2.08. The number of hydrogen-bond acceptors (Lipinski definition) is 4. The molecule has 0 spiro atoms. The number of rotatable bonds is 5. The van der Waals surface area contributed by atoms with Gasteiger partial charge in [0, 0.05) is 36.7 Å². The maximum atomic E-state index is 6.77. The molecule has 3 atom stereocenters. The van der Waals surface area contributed by atoms with E-state index in [9.17, 15) is 0 Å². The lowest BCUT2D eigenvalue weighted by Crippen LogP contribution is -2.49. The van der Waals surface area contributed by atoms with E-state index in [-0.39, 0.29) is 6.04 Å². The van der Waals surface area contributed by atoms with E-state index in [1.165, 1.54) is 22.3 Å². The van der Waals surface area contributed by atoms with Gasteiger partial charge in [-0.05, 0) is 42.5 Å². The molecule has 0 saturated carbocycles. The second-order valence-electron chi connectivity index (χ2n) is 9.12. The van der Waals surface area contributed by atoms with Gasteiger partial charge in [-0.2, -0.15) is 0 Å². The number of aryl methyl sites for hydroxylation is 1. The Labute approximate surface area is 191 Å². The topological polar surface area (TPSA) is 47.7 Å². The van der Waals surface area contributed by atoms with Crippen LogP contribution in [0.15, 0.2) is 66.7 Å². The second-order valence-corrected chi connectivity index (χ2v) is 9.12. The molecule has 1 saturated heterocycles. The second kappa shape index (κ2) is 8.97. The monoisotopic (exact) mass is 428 g/mol. The number of benzene rings is 3. The third kappa shape index (κ3) is 4.01. The van der Waals surface area contributed by atoms with Gasteiger partial charge in [0.2, 0.25) is 0 Å². The molecular weight excluding hydrogens is 396 g/mol. The van der Waals surface area contributed by atoms with Crippen LogP contribution < -0.4 is 15.2 Å². The average Bonchev–Trinajstić information content (AvgIpc) is 2.82. The lowest BCUT2D eigenvalue weighted by atomic mass is 9.78. The molecular formula is C28H32N2O2. The van der Waals surface area contributed by atoms with E-state index in [0.717, 1.165) is 43.0 Å². The molecule has 0 amide bonds. The zero-order valence-electron chi connectivity index (χ0n) is 19.0. The van der Waals surface area contributed by atoms with Crippen molar-refractivity contribution >= 4 is 0 Å². The molecule has 3 aromatic rings. The van der Waals surface area contributed by atoms with Gasteiger partial charge in [-0.3, -0.25) is 4.90 Å². The number of fused-ring (bicyclic) bond motifs is 3. The van der Waals surface area contributed by atoms with Crippen LogP contribution in [0.4, 0.5) is 0 Å². The Bertz CT molecular complexity index is 1080. The van der Waals surface area contributed by atoms with Crippen molar-refractivity contribution in [3.05, 3.63) is 94.5 Å². The van der Waals surface area contributed by atoms with Gasteiger partial charge in [0.05, 0.1) is 7.11 Å². The summed E-state index contributed by atoms with van der Waals surface area (Å²) in [6.07, 6.45) is 1.92. The summed E-state index contributed by atoms with van der Waals surface area (Å²) < 4.78 is 12.0. The van der Waals surface area contributed by atoms with Gasteiger partial charge in [0.1, 0.15) is 6.61 Å². The van der Waals surface area contributed by atoms with Crippen LogP contribution in [-0.4, -0.2) is 31.1 Å². The average molecular weight is 429 g/mol. The van der Waals surface area contributed by atoms with E-state index in [2.05, 4.69) is 60.4 Å².